The highest BCUT2D eigenvalue weighted by Gasteiger charge is 2.21. The van der Waals surface area contributed by atoms with Crippen LogP contribution in [0.4, 0.5) is 23.5 Å². The normalized spacial score (nSPS) is 19.6. The number of anilines is 4. The van der Waals surface area contributed by atoms with Gasteiger partial charge >= 0.3 is 0 Å². The third-order valence-electron chi connectivity index (χ3n) is 7.17. The molecule has 2 fully saturated rings. The SMILES string of the molecule is NCCOCCOCCNC(=O)c1ccc(Nc2nc(NC3CCCCC3)nc(NC3CCC(O)CC3)n2)cc1. The molecule has 0 saturated heterocycles. The van der Waals surface area contributed by atoms with Gasteiger partial charge in [0.25, 0.3) is 5.91 Å². The lowest BCUT2D eigenvalue weighted by Gasteiger charge is -2.27. The summed E-state index contributed by atoms with van der Waals surface area (Å²) in [6, 6.07) is 7.74. The molecule has 0 atom stereocenters. The summed E-state index contributed by atoms with van der Waals surface area (Å²) in [5.41, 5.74) is 6.68. The Morgan fingerprint density at radius 3 is 2.05 bits per heavy atom. The van der Waals surface area contributed by atoms with Crippen LogP contribution in [0.15, 0.2) is 24.3 Å². The molecule has 1 aromatic heterocycles. The minimum Gasteiger partial charge on any atom is -0.393 e. The number of carbonyl (C=O) groups is 1. The Bertz CT molecular complexity index is 1030. The fourth-order valence-corrected chi connectivity index (χ4v) is 4.97. The summed E-state index contributed by atoms with van der Waals surface area (Å²) >= 11 is 0. The Balaban J connectivity index is 1.32. The van der Waals surface area contributed by atoms with Gasteiger partial charge < -0.3 is 41.6 Å². The van der Waals surface area contributed by atoms with E-state index in [1.54, 1.807) is 12.1 Å². The average Bonchev–Trinajstić information content (AvgIpc) is 2.96. The summed E-state index contributed by atoms with van der Waals surface area (Å²) in [6.07, 6.45) is 8.99. The smallest absolute Gasteiger partial charge is 0.251 e. The maximum atomic E-state index is 12.5. The first-order valence-corrected chi connectivity index (χ1v) is 14.6. The van der Waals surface area contributed by atoms with Crippen molar-refractivity contribution in [1.29, 1.82) is 0 Å². The van der Waals surface area contributed by atoms with Crippen molar-refractivity contribution in [3.05, 3.63) is 29.8 Å². The number of carbonyl (C=O) groups excluding carboxylic acids is 1. The molecule has 2 aliphatic carbocycles. The zero-order valence-electron chi connectivity index (χ0n) is 23.2. The molecular weight excluding hydrogens is 512 g/mol. The van der Waals surface area contributed by atoms with Crippen molar-refractivity contribution in [2.75, 3.05) is 55.5 Å². The van der Waals surface area contributed by atoms with E-state index in [-0.39, 0.29) is 18.1 Å². The highest BCUT2D eigenvalue weighted by Crippen LogP contribution is 2.24. The number of ether oxygens (including phenoxy) is 2. The highest BCUT2D eigenvalue weighted by molar-refractivity contribution is 5.94. The summed E-state index contributed by atoms with van der Waals surface area (Å²) in [4.78, 5) is 26.4. The van der Waals surface area contributed by atoms with Crippen LogP contribution in [0.1, 0.15) is 68.1 Å². The number of rotatable bonds is 15. The lowest BCUT2D eigenvalue weighted by molar-refractivity contribution is 0.0511. The van der Waals surface area contributed by atoms with Crippen LogP contribution in [-0.2, 0) is 9.47 Å². The molecule has 0 aliphatic heterocycles. The predicted octanol–water partition coefficient (Wildman–Crippen LogP) is 2.80. The molecule has 12 heteroatoms. The van der Waals surface area contributed by atoms with Gasteiger partial charge in [-0.1, -0.05) is 19.3 Å². The standard InChI is InChI=1S/C28H44N8O4/c29-14-16-39-18-19-40-17-15-30-25(38)20-6-8-22(9-7-20)32-27-34-26(31-21-4-2-1-3-5-21)35-28(36-27)33-23-10-12-24(37)13-11-23/h6-9,21,23-24,37H,1-5,10-19,29H2,(H,30,38)(H3,31,32,33,34,35,36). The fraction of sp³-hybridized carbons (Fsp3) is 0.643. The second-order valence-electron chi connectivity index (χ2n) is 10.4. The first-order chi connectivity index (χ1) is 19.6. The summed E-state index contributed by atoms with van der Waals surface area (Å²) in [5, 5.41) is 22.9. The predicted molar refractivity (Wildman–Crippen MR) is 155 cm³/mol. The molecule has 0 spiro atoms. The number of aliphatic hydroxyl groups is 1. The van der Waals surface area contributed by atoms with E-state index in [4.69, 9.17) is 15.2 Å². The van der Waals surface area contributed by atoms with Gasteiger partial charge in [0.15, 0.2) is 0 Å². The van der Waals surface area contributed by atoms with E-state index in [1.165, 1.54) is 19.3 Å². The number of amides is 1. The Morgan fingerprint density at radius 1 is 0.800 bits per heavy atom. The molecule has 0 unspecified atom stereocenters. The van der Waals surface area contributed by atoms with E-state index < -0.39 is 0 Å². The van der Waals surface area contributed by atoms with E-state index in [1.807, 2.05) is 12.1 Å². The number of aromatic nitrogens is 3. The van der Waals surface area contributed by atoms with Gasteiger partial charge in [-0.2, -0.15) is 15.0 Å². The molecule has 12 nitrogen and oxygen atoms in total. The molecule has 220 valence electrons. The molecule has 2 saturated carbocycles. The van der Waals surface area contributed by atoms with Crippen molar-refractivity contribution in [2.45, 2.75) is 76.0 Å². The molecule has 7 N–H and O–H groups in total. The lowest BCUT2D eigenvalue weighted by atomic mass is 9.93. The number of nitrogens with one attached hydrogen (secondary N) is 4. The van der Waals surface area contributed by atoms with Crippen LogP contribution in [0.2, 0.25) is 0 Å². The molecule has 2 aliphatic rings. The first-order valence-electron chi connectivity index (χ1n) is 14.6. The number of nitrogens with zero attached hydrogens (tertiary/aromatic N) is 3. The van der Waals surface area contributed by atoms with Gasteiger partial charge in [-0.05, 0) is 62.8 Å². The Kier molecular flexibility index (Phi) is 12.2. The van der Waals surface area contributed by atoms with Crippen LogP contribution in [0, 0.1) is 0 Å². The van der Waals surface area contributed by atoms with Crippen molar-refractivity contribution >= 4 is 29.4 Å². The van der Waals surface area contributed by atoms with Gasteiger partial charge in [0.2, 0.25) is 17.8 Å². The van der Waals surface area contributed by atoms with E-state index in [2.05, 4.69) is 36.2 Å². The molecule has 40 heavy (non-hydrogen) atoms. The molecule has 1 amide bonds. The van der Waals surface area contributed by atoms with Gasteiger partial charge in [0.05, 0.1) is 32.5 Å². The largest absolute Gasteiger partial charge is 0.393 e. The van der Waals surface area contributed by atoms with Crippen LogP contribution >= 0.6 is 0 Å². The van der Waals surface area contributed by atoms with Gasteiger partial charge in [-0.25, -0.2) is 0 Å². The topological polar surface area (TPSA) is 169 Å². The van der Waals surface area contributed by atoms with E-state index in [0.29, 0.717) is 69.0 Å². The van der Waals surface area contributed by atoms with Crippen LogP contribution < -0.4 is 27.0 Å². The van der Waals surface area contributed by atoms with Crippen LogP contribution in [0.25, 0.3) is 0 Å². The molecule has 0 radical (unpaired) electrons. The van der Waals surface area contributed by atoms with Crippen molar-refractivity contribution < 1.29 is 19.4 Å². The van der Waals surface area contributed by atoms with E-state index in [0.717, 1.165) is 44.2 Å². The molecular formula is C28H44N8O4. The minimum absolute atomic E-state index is 0.169. The Hall–Kier alpha value is -3.06. The fourth-order valence-electron chi connectivity index (χ4n) is 4.97. The second kappa shape index (κ2) is 16.3. The quantitative estimate of drug-likeness (QED) is 0.178. The average molecular weight is 557 g/mol. The number of aliphatic hydroxyl groups excluding tert-OH is 1. The molecule has 1 aromatic carbocycles. The van der Waals surface area contributed by atoms with E-state index in [9.17, 15) is 9.90 Å². The van der Waals surface area contributed by atoms with Crippen molar-refractivity contribution in [3.8, 4) is 0 Å². The van der Waals surface area contributed by atoms with Crippen molar-refractivity contribution in [2.24, 2.45) is 5.73 Å². The Morgan fingerprint density at radius 2 is 1.40 bits per heavy atom. The van der Waals surface area contributed by atoms with Crippen LogP contribution in [-0.4, -0.2) is 83.7 Å². The number of nitrogens with two attached hydrogens (primary N) is 1. The number of hydrogen-bond donors (Lipinski definition) is 6. The third-order valence-corrected chi connectivity index (χ3v) is 7.17. The summed E-state index contributed by atoms with van der Waals surface area (Å²) in [7, 11) is 0. The van der Waals surface area contributed by atoms with Gasteiger partial charge in [0.1, 0.15) is 0 Å². The van der Waals surface area contributed by atoms with Crippen LogP contribution in [0.3, 0.4) is 0 Å². The van der Waals surface area contributed by atoms with Crippen molar-refractivity contribution in [3.63, 3.8) is 0 Å². The summed E-state index contributed by atoms with van der Waals surface area (Å²) in [6.45, 7) is 2.77. The zero-order chi connectivity index (χ0) is 28.0. The molecule has 4 rings (SSSR count). The first kappa shape index (κ1) is 29.9. The van der Waals surface area contributed by atoms with Crippen molar-refractivity contribution in [1.82, 2.24) is 20.3 Å². The molecule has 1 heterocycles. The number of hydrogen-bond acceptors (Lipinski definition) is 11. The lowest BCUT2D eigenvalue weighted by Crippen LogP contribution is -2.29. The Labute approximate surface area is 236 Å². The van der Waals surface area contributed by atoms with E-state index >= 15 is 0 Å². The maximum Gasteiger partial charge on any atom is 0.251 e. The zero-order valence-corrected chi connectivity index (χ0v) is 23.2. The maximum absolute atomic E-state index is 12.5. The van der Waals surface area contributed by atoms with Gasteiger partial charge in [-0.15, -0.1) is 0 Å². The minimum atomic E-state index is -0.220. The van der Waals surface area contributed by atoms with Gasteiger partial charge in [0, 0.05) is 36.4 Å². The monoisotopic (exact) mass is 556 g/mol. The van der Waals surface area contributed by atoms with Crippen LogP contribution in [0.5, 0.6) is 0 Å². The molecule has 2 aromatic rings. The third kappa shape index (κ3) is 10.2. The number of benzene rings is 1. The second-order valence-corrected chi connectivity index (χ2v) is 10.4. The molecule has 0 bridgehead atoms. The summed E-state index contributed by atoms with van der Waals surface area (Å²) in [5.74, 6) is 1.32. The van der Waals surface area contributed by atoms with Gasteiger partial charge in [-0.3, -0.25) is 4.79 Å². The summed E-state index contributed by atoms with van der Waals surface area (Å²) < 4.78 is 10.7. The highest BCUT2D eigenvalue weighted by atomic mass is 16.5.